The molecule has 11 heteroatoms. The van der Waals surface area contributed by atoms with Crippen LogP contribution in [0.4, 0.5) is 10.1 Å². The Hall–Kier alpha value is -3.44. The fourth-order valence-corrected chi connectivity index (χ4v) is 5.62. The highest BCUT2D eigenvalue weighted by Crippen LogP contribution is 2.26. The monoisotopic (exact) mass is 605 g/mol. The molecule has 0 bridgehead atoms. The van der Waals surface area contributed by atoms with Gasteiger partial charge >= 0.3 is 0 Å². The summed E-state index contributed by atoms with van der Waals surface area (Å²) in [6.07, 6.45) is 0. The highest BCUT2D eigenvalue weighted by molar-refractivity contribution is 9.10. The molecule has 0 fully saturated rings. The second-order valence-corrected chi connectivity index (χ2v) is 11.1. The van der Waals surface area contributed by atoms with Gasteiger partial charge in [-0.2, -0.15) is 0 Å². The van der Waals surface area contributed by atoms with Gasteiger partial charge in [-0.15, -0.1) is 0 Å². The van der Waals surface area contributed by atoms with Gasteiger partial charge in [0.1, 0.15) is 24.2 Å². The molecule has 0 aromatic heterocycles. The number of anilines is 1. The highest BCUT2D eigenvalue weighted by Gasteiger charge is 2.32. The fraction of sp³-hybridized carbons (Fsp3) is 0.259. The number of rotatable bonds is 11. The quantitative estimate of drug-likeness (QED) is 0.351. The standard InChI is InChI=1S/C27H29BrFN3O5S/c1-4-37-24-12-14-25(15-13-24)38(35,36)32(23-10-8-22(29)9-11-23)18-26(33)31(19(2)27(34)30-3)17-20-6-5-7-21(28)16-20/h5-16,19H,4,17-18H2,1-3H3,(H,30,34)/t19-/m1/s1. The molecule has 0 aliphatic rings. The lowest BCUT2D eigenvalue weighted by Crippen LogP contribution is -2.50. The first-order valence-electron chi connectivity index (χ1n) is 11.8. The van der Waals surface area contributed by atoms with Crippen LogP contribution >= 0.6 is 15.9 Å². The number of hydrogen-bond acceptors (Lipinski definition) is 5. The fourth-order valence-electron chi connectivity index (χ4n) is 3.76. The van der Waals surface area contributed by atoms with Gasteiger partial charge in [0.15, 0.2) is 0 Å². The van der Waals surface area contributed by atoms with Crippen LogP contribution < -0.4 is 14.4 Å². The lowest BCUT2D eigenvalue weighted by atomic mass is 10.1. The van der Waals surface area contributed by atoms with Crippen molar-refractivity contribution in [3.8, 4) is 5.75 Å². The number of benzene rings is 3. The normalized spacial score (nSPS) is 11.9. The van der Waals surface area contributed by atoms with Crippen molar-refractivity contribution in [2.45, 2.75) is 31.3 Å². The molecule has 8 nitrogen and oxygen atoms in total. The van der Waals surface area contributed by atoms with Gasteiger partial charge in [0, 0.05) is 18.1 Å². The van der Waals surface area contributed by atoms with Gasteiger partial charge in [0.25, 0.3) is 10.0 Å². The van der Waals surface area contributed by atoms with E-state index in [9.17, 15) is 22.4 Å². The lowest BCUT2D eigenvalue weighted by Gasteiger charge is -2.31. The number of ether oxygens (including phenoxy) is 1. The summed E-state index contributed by atoms with van der Waals surface area (Å²) < 4.78 is 48.3. The van der Waals surface area contributed by atoms with Crippen LogP contribution in [0.1, 0.15) is 19.4 Å². The first-order chi connectivity index (χ1) is 18.1. The van der Waals surface area contributed by atoms with Crippen molar-refractivity contribution < 1.29 is 27.1 Å². The number of nitrogens with one attached hydrogen (secondary N) is 1. The number of hydrogen-bond donors (Lipinski definition) is 1. The Bertz CT molecular complexity index is 1370. The molecule has 0 unspecified atom stereocenters. The number of sulfonamides is 1. The molecule has 3 aromatic carbocycles. The topological polar surface area (TPSA) is 96.0 Å². The SMILES string of the molecule is CCOc1ccc(S(=O)(=O)N(CC(=O)N(Cc2cccc(Br)c2)[C@H](C)C(=O)NC)c2ccc(F)cc2)cc1. The summed E-state index contributed by atoms with van der Waals surface area (Å²) in [5, 5.41) is 2.53. The smallest absolute Gasteiger partial charge is 0.264 e. The second kappa shape index (κ2) is 12.9. The third kappa shape index (κ3) is 7.11. The zero-order valence-corrected chi connectivity index (χ0v) is 23.6. The molecule has 202 valence electrons. The first-order valence-corrected chi connectivity index (χ1v) is 14.1. The maximum absolute atomic E-state index is 13.7. The average Bonchev–Trinajstić information content (AvgIpc) is 2.90. The molecule has 0 heterocycles. The number of halogens is 2. The number of likely N-dealkylation sites (N-methyl/N-ethyl adjacent to an activating group) is 1. The molecule has 3 rings (SSSR count). The minimum atomic E-state index is -4.26. The summed E-state index contributed by atoms with van der Waals surface area (Å²) in [5.41, 5.74) is 0.842. The Kier molecular flexibility index (Phi) is 9.87. The zero-order valence-electron chi connectivity index (χ0n) is 21.2. The summed E-state index contributed by atoms with van der Waals surface area (Å²) in [6.45, 7) is 3.24. The molecule has 1 atom stereocenters. The van der Waals surface area contributed by atoms with E-state index in [0.29, 0.717) is 12.4 Å². The molecular weight excluding hydrogens is 577 g/mol. The van der Waals surface area contributed by atoms with Gasteiger partial charge in [0.05, 0.1) is 17.2 Å². The third-order valence-electron chi connectivity index (χ3n) is 5.77. The van der Waals surface area contributed by atoms with E-state index < -0.39 is 40.2 Å². The molecule has 0 saturated carbocycles. The Labute approximate surface area is 230 Å². The van der Waals surface area contributed by atoms with Crippen molar-refractivity contribution >= 4 is 43.5 Å². The number of nitrogens with zero attached hydrogens (tertiary/aromatic N) is 2. The summed E-state index contributed by atoms with van der Waals surface area (Å²) in [6, 6.07) is 17.0. The van der Waals surface area contributed by atoms with Crippen LogP contribution in [-0.2, 0) is 26.2 Å². The average molecular weight is 607 g/mol. The van der Waals surface area contributed by atoms with Crippen molar-refractivity contribution in [2.75, 3.05) is 24.5 Å². The first kappa shape index (κ1) is 29.1. The molecule has 2 amide bonds. The van der Waals surface area contributed by atoms with Crippen LogP contribution in [0, 0.1) is 5.82 Å². The van der Waals surface area contributed by atoms with Crippen molar-refractivity contribution in [3.63, 3.8) is 0 Å². The second-order valence-electron chi connectivity index (χ2n) is 8.33. The van der Waals surface area contributed by atoms with E-state index in [1.165, 1.54) is 48.3 Å². The van der Waals surface area contributed by atoms with Gasteiger partial charge in [-0.05, 0) is 80.1 Å². The van der Waals surface area contributed by atoms with E-state index in [1.807, 2.05) is 19.1 Å². The molecule has 0 radical (unpaired) electrons. The number of amides is 2. The van der Waals surface area contributed by atoms with Crippen molar-refractivity contribution in [1.29, 1.82) is 0 Å². The van der Waals surface area contributed by atoms with Crippen LogP contribution in [0.15, 0.2) is 82.2 Å². The largest absolute Gasteiger partial charge is 0.494 e. The van der Waals surface area contributed by atoms with Crippen molar-refractivity contribution in [1.82, 2.24) is 10.2 Å². The summed E-state index contributed by atoms with van der Waals surface area (Å²) in [5.74, 6) is -1.07. The minimum absolute atomic E-state index is 0.0627. The van der Waals surface area contributed by atoms with Crippen molar-refractivity contribution in [2.24, 2.45) is 0 Å². The van der Waals surface area contributed by atoms with Gasteiger partial charge in [-0.25, -0.2) is 12.8 Å². The highest BCUT2D eigenvalue weighted by atomic mass is 79.9. The third-order valence-corrected chi connectivity index (χ3v) is 8.05. The van der Waals surface area contributed by atoms with Gasteiger partial charge in [-0.1, -0.05) is 28.1 Å². The minimum Gasteiger partial charge on any atom is -0.494 e. The van der Waals surface area contributed by atoms with Crippen molar-refractivity contribution in [3.05, 3.63) is 88.6 Å². The Morgan fingerprint density at radius 3 is 2.29 bits per heavy atom. The molecule has 0 saturated heterocycles. The summed E-state index contributed by atoms with van der Waals surface area (Å²) >= 11 is 3.40. The summed E-state index contributed by atoms with van der Waals surface area (Å²) in [7, 11) is -2.80. The summed E-state index contributed by atoms with van der Waals surface area (Å²) in [4.78, 5) is 27.4. The molecular formula is C27H29BrFN3O5S. The Morgan fingerprint density at radius 1 is 1.05 bits per heavy atom. The van der Waals surface area contributed by atoms with E-state index in [1.54, 1.807) is 19.1 Å². The molecule has 0 spiro atoms. The maximum atomic E-state index is 13.7. The van der Waals surface area contributed by atoms with E-state index in [0.717, 1.165) is 26.5 Å². The molecule has 1 N–H and O–H groups in total. The van der Waals surface area contributed by atoms with E-state index in [-0.39, 0.29) is 17.1 Å². The number of carbonyl (C=O) groups excluding carboxylic acids is 2. The van der Waals surface area contributed by atoms with Crippen LogP contribution in [0.3, 0.4) is 0 Å². The van der Waals surface area contributed by atoms with E-state index in [2.05, 4.69) is 21.2 Å². The van der Waals surface area contributed by atoms with Crippen LogP contribution in [0.25, 0.3) is 0 Å². The van der Waals surface area contributed by atoms with Gasteiger partial charge in [-0.3, -0.25) is 13.9 Å². The predicted molar refractivity (Wildman–Crippen MR) is 147 cm³/mol. The molecule has 38 heavy (non-hydrogen) atoms. The molecule has 3 aromatic rings. The Balaban J connectivity index is 2.01. The maximum Gasteiger partial charge on any atom is 0.264 e. The molecule has 0 aliphatic heterocycles. The van der Waals surface area contributed by atoms with Crippen LogP contribution in [0.2, 0.25) is 0 Å². The van der Waals surface area contributed by atoms with E-state index in [4.69, 9.17) is 4.74 Å². The zero-order chi connectivity index (χ0) is 27.9. The van der Waals surface area contributed by atoms with Crippen LogP contribution in [0.5, 0.6) is 5.75 Å². The van der Waals surface area contributed by atoms with E-state index >= 15 is 0 Å². The Morgan fingerprint density at radius 2 is 1.71 bits per heavy atom. The number of carbonyl (C=O) groups is 2. The van der Waals surface area contributed by atoms with Gasteiger partial charge in [0.2, 0.25) is 11.8 Å². The predicted octanol–water partition coefficient (Wildman–Crippen LogP) is 4.35. The molecule has 0 aliphatic carbocycles. The lowest BCUT2D eigenvalue weighted by molar-refractivity contribution is -0.139. The van der Waals surface area contributed by atoms with Gasteiger partial charge < -0.3 is 15.0 Å². The van der Waals surface area contributed by atoms with Crippen LogP contribution in [-0.4, -0.2) is 51.4 Å².